The van der Waals surface area contributed by atoms with Gasteiger partial charge in [-0.25, -0.2) is 14.4 Å². The maximum absolute atomic E-state index is 15.6. The Balaban J connectivity index is 0.802. The van der Waals surface area contributed by atoms with Crippen molar-refractivity contribution in [2.75, 3.05) is 99.0 Å². The van der Waals surface area contributed by atoms with E-state index in [0.29, 0.717) is 54.8 Å². The van der Waals surface area contributed by atoms with Crippen molar-refractivity contribution in [3.8, 4) is 11.5 Å². The van der Waals surface area contributed by atoms with E-state index in [1.807, 2.05) is 5.01 Å². The molecule has 2 aromatic carbocycles. The Kier molecular flexibility index (Phi) is 13.3. The number of imide groups is 1. The predicted molar refractivity (Wildman–Crippen MR) is 234 cm³/mol. The smallest absolute Gasteiger partial charge is 0.342 e. The molecular formula is C44H56F3N11O6. The maximum atomic E-state index is 15.6. The lowest BCUT2D eigenvalue weighted by molar-refractivity contribution is -0.140. The van der Waals surface area contributed by atoms with Crippen LogP contribution in [0.2, 0.25) is 0 Å². The van der Waals surface area contributed by atoms with E-state index >= 15 is 13.2 Å². The number of rotatable bonds is 13. The molecule has 5 aliphatic rings. The standard InChI is InChI=1S/C44H56F3N11O6/c1-54-34-25-48-43(52-39(34)58(29-6-4-5-7-29)26-44(46,47)42(54)62)50-30-9-8-28(24-35(30)63-2)40(60)53-57-18-15-27(16-19-57)14-17-55-20-22-56(23-21-55)33-12-10-31(37(45)38(33)64-3)49-32-11-13-36(59)51-41(32)61/h8-10,12,24-25,27,29,32,49H,4-7,11,13-23,26H2,1-3H3,(H,53,60)(H,48,50,52)(H,51,59,61). The van der Waals surface area contributed by atoms with Crippen LogP contribution >= 0.6 is 0 Å². The number of methoxy groups -OCH3 is 2. The van der Waals surface area contributed by atoms with Crippen LogP contribution in [0.15, 0.2) is 36.5 Å². The molecule has 1 unspecified atom stereocenters. The molecule has 4 aliphatic heterocycles. The molecule has 64 heavy (non-hydrogen) atoms. The Morgan fingerprint density at radius 2 is 1.66 bits per heavy atom. The fourth-order valence-corrected chi connectivity index (χ4v) is 9.40. The molecule has 17 nitrogen and oxygen atoms in total. The van der Waals surface area contributed by atoms with Gasteiger partial charge in [0.15, 0.2) is 17.4 Å². The molecule has 0 bridgehead atoms. The second kappa shape index (κ2) is 19.1. The molecule has 1 saturated carbocycles. The Labute approximate surface area is 370 Å². The van der Waals surface area contributed by atoms with E-state index in [1.165, 1.54) is 27.5 Å². The van der Waals surface area contributed by atoms with Crippen molar-refractivity contribution in [3.63, 3.8) is 0 Å². The number of benzene rings is 2. The molecule has 1 aromatic heterocycles. The van der Waals surface area contributed by atoms with Crippen LogP contribution in [0.4, 0.5) is 47.7 Å². The first-order chi connectivity index (χ1) is 30.8. The van der Waals surface area contributed by atoms with Gasteiger partial charge < -0.3 is 34.8 Å². The number of nitrogens with one attached hydrogen (secondary N) is 4. The van der Waals surface area contributed by atoms with Crippen molar-refractivity contribution in [1.82, 2.24) is 30.6 Å². The monoisotopic (exact) mass is 891 g/mol. The number of nitrogens with zero attached hydrogens (tertiary/aromatic N) is 7. The third-order valence-corrected chi connectivity index (χ3v) is 13.1. The first-order valence-electron chi connectivity index (χ1n) is 22.1. The highest BCUT2D eigenvalue weighted by Gasteiger charge is 2.49. The molecule has 1 aliphatic carbocycles. The van der Waals surface area contributed by atoms with Crippen LogP contribution in [0, 0.1) is 11.7 Å². The molecule has 4 N–H and O–H groups in total. The number of hydrogen-bond donors (Lipinski definition) is 4. The molecule has 8 rings (SSSR count). The van der Waals surface area contributed by atoms with E-state index in [0.717, 1.165) is 69.5 Å². The normalized spacial score (nSPS) is 21.3. The number of alkyl halides is 2. The van der Waals surface area contributed by atoms with Gasteiger partial charge in [0, 0.05) is 64.3 Å². The molecule has 5 heterocycles. The Morgan fingerprint density at radius 3 is 2.36 bits per heavy atom. The number of amides is 4. The van der Waals surface area contributed by atoms with Gasteiger partial charge in [-0.05, 0) is 81.3 Å². The zero-order chi connectivity index (χ0) is 45.1. The Morgan fingerprint density at radius 1 is 0.922 bits per heavy atom. The van der Waals surface area contributed by atoms with Crippen molar-refractivity contribution in [3.05, 3.63) is 47.9 Å². The second-order valence-corrected chi connectivity index (χ2v) is 17.2. The SMILES string of the molecule is COc1cc(C(=O)NN2CCC(CCN3CCN(c4ccc(NC5CCC(=O)NC5=O)c(F)c4OC)CC3)CC2)ccc1Nc1ncc2c(n1)N(C1CCCC1)CC(F)(F)C(=O)N2C. The van der Waals surface area contributed by atoms with E-state index < -0.39 is 36.1 Å². The molecule has 1 atom stereocenters. The number of aromatic nitrogens is 2. The minimum atomic E-state index is -3.58. The van der Waals surface area contributed by atoms with Crippen molar-refractivity contribution in [2.24, 2.45) is 5.92 Å². The van der Waals surface area contributed by atoms with E-state index in [9.17, 15) is 19.2 Å². The van der Waals surface area contributed by atoms with Gasteiger partial charge in [-0.15, -0.1) is 0 Å². The molecule has 3 saturated heterocycles. The fraction of sp³-hybridized carbons (Fsp3) is 0.545. The molecule has 4 fully saturated rings. The molecular weight excluding hydrogens is 836 g/mol. The number of carbonyl (C=O) groups excluding carboxylic acids is 4. The van der Waals surface area contributed by atoms with Crippen LogP contribution in [0.5, 0.6) is 11.5 Å². The van der Waals surface area contributed by atoms with Crippen LogP contribution in [-0.2, 0) is 14.4 Å². The molecule has 0 radical (unpaired) electrons. The van der Waals surface area contributed by atoms with Gasteiger partial charge >= 0.3 is 5.92 Å². The minimum absolute atomic E-state index is 0.115. The number of carbonyl (C=O) groups is 4. The highest BCUT2D eigenvalue weighted by molar-refractivity contribution is 6.02. The minimum Gasteiger partial charge on any atom is -0.495 e. The molecule has 4 amide bonds. The van der Waals surface area contributed by atoms with E-state index in [-0.39, 0.29) is 59.6 Å². The summed E-state index contributed by atoms with van der Waals surface area (Å²) in [6, 6.07) is 7.51. The van der Waals surface area contributed by atoms with Crippen LogP contribution in [-0.4, -0.2) is 135 Å². The lowest BCUT2D eigenvalue weighted by atomic mass is 9.94. The van der Waals surface area contributed by atoms with Crippen molar-refractivity contribution < 1.29 is 41.8 Å². The Bertz CT molecular complexity index is 2230. The number of fused-ring (bicyclic) bond motifs is 1. The summed E-state index contributed by atoms with van der Waals surface area (Å²) >= 11 is 0. The van der Waals surface area contributed by atoms with E-state index in [1.54, 1.807) is 35.2 Å². The third kappa shape index (κ3) is 9.62. The number of ether oxygens (including phenoxy) is 2. The maximum Gasteiger partial charge on any atom is 0.342 e. The predicted octanol–water partition coefficient (Wildman–Crippen LogP) is 4.52. The van der Waals surface area contributed by atoms with Crippen LogP contribution in [0.1, 0.15) is 68.1 Å². The highest BCUT2D eigenvalue weighted by Crippen LogP contribution is 2.41. The largest absolute Gasteiger partial charge is 0.495 e. The fourth-order valence-electron chi connectivity index (χ4n) is 9.40. The zero-order valence-electron chi connectivity index (χ0n) is 36.4. The summed E-state index contributed by atoms with van der Waals surface area (Å²) < 4.78 is 56.8. The van der Waals surface area contributed by atoms with Gasteiger partial charge in [0.25, 0.3) is 11.8 Å². The van der Waals surface area contributed by atoms with Gasteiger partial charge in [0.2, 0.25) is 17.8 Å². The lowest BCUT2D eigenvalue weighted by Crippen LogP contribution is -2.48. The molecule has 344 valence electrons. The summed E-state index contributed by atoms with van der Waals surface area (Å²) in [7, 11) is 4.23. The first kappa shape index (κ1) is 44.7. The average molecular weight is 892 g/mol. The number of hydrazine groups is 1. The molecule has 0 spiro atoms. The van der Waals surface area contributed by atoms with Gasteiger partial charge in [0.1, 0.15) is 17.5 Å². The number of hydrogen-bond acceptors (Lipinski definition) is 14. The number of piperidine rings is 2. The van der Waals surface area contributed by atoms with Crippen molar-refractivity contribution >= 4 is 58.1 Å². The molecule has 20 heteroatoms. The van der Waals surface area contributed by atoms with E-state index in [4.69, 9.17) is 9.47 Å². The van der Waals surface area contributed by atoms with Crippen LogP contribution in [0.25, 0.3) is 0 Å². The number of halogens is 3. The lowest BCUT2D eigenvalue weighted by Gasteiger charge is -2.38. The summed E-state index contributed by atoms with van der Waals surface area (Å²) in [6.45, 7) is 4.63. The second-order valence-electron chi connectivity index (χ2n) is 17.2. The zero-order valence-corrected chi connectivity index (χ0v) is 36.4. The van der Waals surface area contributed by atoms with Gasteiger partial charge in [-0.2, -0.15) is 13.8 Å². The third-order valence-electron chi connectivity index (χ3n) is 13.1. The number of anilines is 6. The van der Waals surface area contributed by atoms with E-state index in [2.05, 4.69) is 41.1 Å². The number of piperazine rings is 1. The summed E-state index contributed by atoms with van der Waals surface area (Å²) in [4.78, 5) is 65.8. The first-order valence-corrected chi connectivity index (χ1v) is 22.1. The van der Waals surface area contributed by atoms with Gasteiger partial charge in [0.05, 0.1) is 44.0 Å². The Hall–Kier alpha value is -5.89. The van der Waals surface area contributed by atoms with Crippen molar-refractivity contribution in [1.29, 1.82) is 0 Å². The molecule has 3 aromatic rings. The summed E-state index contributed by atoms with van der Waals surface area (Å²) in [5.74, 6) is -5.15. The summed E-state index contributed by atoms with van der Waals surface area (Å²) in [6.07, 6.45) is 8.03. The summed E-state index contributed by atoms with van der Waals surface area (Å²) in [5.41, 5.74) is 4.92. The quantitative estimate of drug-likeness (QED) is 0.176. The van der Waals surface area contributed by atoms with Crippen molar-refractivity contribution in [2.45, 2.75) is 75.8 Å². The van der Waals surface area contributed by atoms with Crippen LogP contribution in [0.3, 0.4) is 0 Å². The van der Waals surface area contributed by atoms with Gasteiger partial charge in [-0.1, -0.05) is 12.8 Å². The highest BCUT2D eigenvalue weighted by atomic mass is 19.3. The van der Waals surface area contributed by atoms with Crippen LogP contribution < -0.4 is 45.5 Å². The summed E-state index contributed by atoms with van der Waals surface area (Å²) in [5, 5.41) is 10.3. The van der Waals surface area contributed by atoms with Gasteiger partial charge in [-0.3, -0.25) is 34.8 Å². The topological polar surface area (TPSA) is 177 Å². The average Bonchev–Trinajstić information content (AvgIpc) is 3.82.